The van der Waals surface area contributed by atoms with E-state index in [4.69, 9.17) is 11.6 Å². The lowest BCUT2D eigenvalue weighted by Gasteiger charge is -2.08. The van der Waals surface area contributed by atoms with Gasteiger partial charge < -0.3 is 5.32 Å². The number of halogens is 1. The number of rotatable bonds is 7. The van der Waals surface area contributed by atoms with Gasteiger partial charge in [0.1, 0.15) is 0 Å². The van der Waals surface area contributed by atoms with Gasteiger partial charge in [0.15, 0.2) is 0 Å². The number of amides is 1. The molecule has 128 valence electrons. The molecule has 0 radical (unpaired) electrons. The Morgan fingerprint density at radius 2 is 1.58 bits per heavy atom. The van der Waals surface area contributed by atoms with Crippen molar-refractivity contribution < 1.29 is 13.2 Å². The number of benzene rings is 2. The van der Waals surface area contributed by atoms with E-state index in [1.165, 1.54) is 0 Å². The van der Waals surface area contributed by atoms with E-state index in [0.29, 0.717) is 17.1 Å². The summed E-state index contributed by atoms with van der Waals surface area (Å²) in [6.07, 6.45) is 0. The third kappa shape index (κ3) is 6.31. The lowest BCUT2D eigenvalue weighted by atomic mass is 10.2. The summed E-state index contributed by atoms with van der Waals surface area (Å²) >= 11 is 5.79. The Kier molecular flexibility index (Phi) is 6.36. The van der Waals surface area contributed by atoms with Crippen LogP contribution in [0.15, 0.2) is 48.5 Å². The highest BCUT2D eigenvalue weighted by atomic mass is 35.5. The van der Waals surface area contributed by atoms with Crippen LogP contribution >= 0.6 is 11.6 Å². The summed E-state index contributed by atoms with van der Waals surface area (Å²) in [5.74, 6) is -0.546. The first-order chi connectivity index (χ1) is 11.3. The van der Waals surface area contributed by atoms with Gasteiger partial charge in [-0.15, -0.1) is 0 Å². The van der Waals surface area contributed by atoms with Gasteiger partial charge >= 0.3 is 0 Å². The number of hydrogen-bond donors (Lipinski definition) is 2. The SMILES string of the molecule is Cc1ccc(CS(=O)(=O)NCC(=O)NCc2ccc(Cl)cc2)cc1. The molecule has 0 saturated heterocycles. The van der Waals surface area contributed by atoms with E-state index in [-0.39, 0.29) is 12.3 Å². The first kappa shape index (κ1) is 18.4. The molecule has 0 aromatic heterocycles. The van der Waals surface area contributed by atoms with Crippen molar-refractivity contribution in [3.63, 3.8) is 0 Å². The summed E-state index contributed by atoms with van der Waals surface area (Å²) in [6.45, 7) is 1.96. The fraction of sp³-hybridized carbons (Fsp3) is 0.235. The fourth-order valence-electron chi connectivity index (χ4n) is 2.00. The van der Waals surface area contributed by atoms with Crippen LogP contribution < -0.4 is 10.0 Å². The molecular weight excluding hydrogens is 348 g/mol. The van der Waals surface area contributed by atoms with Crippen LogP contribution in [-0.4, -0.2) is 20.9 Å². The summed E-state index contributed by atoms with van der Waals surface area (Å²) < 4.78 is 26.3. The molecule has 0 saturated carbocycles. The van der Waals surface area contributed by atoms with Crippen LogP contribution in [0, 0.1) is 6.92 Å². The number of aryl methyl sites for hydroxylation is 1. The third-order valence-electron chi connectivity index (χ3n) is 3.33. The fourth-order valence-corrected chi connectivity index (χ4v) is 3.21. The highest BCUT2D eigenvalue weighted by Crippen LogP contribution is 2.09. The summed E-state index contributed by atoms with van der Waals surface area (Å²) in [7, 11) is -3.56. The Morgan fingerprint density at radius 3 is 2.21 bits per heavy atom. The molecule has 5 nitrogen and oxygen atoms in total. The minimum Gasteiger partial charge on any atom is -0.351 e. The van der Waals surface area contributed by atoms with E-state index in [9.17, 15) is 13.2 Å². The summed E-state index contributed by atoms with van der Waals surface area (Å²) in [5, 5.41) is 3.27. The molecular formula is C17H19ClN2O3S. The monoisotopic (exact) mass is 366 g/mol. The van der Waals surface area contributed by atoms with Crippen molar-refractivity contribution in [1.29, 1.82) is 0 Å². The third-order valence-corrected chi connectivity index (χ3v) is 4.88. The molecule has 2 rings (SSSR count). The minimum atomic E-state index is -3.56. The maximum atomic E-state index is 12.0. The molecule has 7 heteroatoms. The van der Waals surface area contributed by atoms with E-state index in [1.54, 1.807) is 36.4 Å². The van der Waals surface area contributed by atoms with Crippen LogP contribution in [0.25, 0.3) is 0 Å². The summed E-state index contributed by atoms with van der Waals surface area (Å²) in [6, 6.07) is 14.3. The molecule has 0 aliphatic rings. The summed E-state index contributed by atoms with van der Waals surface area (Å²) in [4.78, 5) is 11.8. The number of hydrogen-bond acceptors (Lipinski definition) is 3. The largest absolute Gasteiger partial charge is 0.351 e. The second kappa shape index (κ2) is 8.28. The van der Waals surface area contributed by atoms with Crippen LogP contribution in [0.2, 0.25) is 5.02 Å². The van der Waals surface area contributed by atoms with Crippen molar-refractivity contribution in [3.8, 4) is 0 Å². The van der Waals surface area contributed by atoms with Crippen molar-refractivity contribution >= 4 is 27.5 Å². The van der Waals surface area contributed by atoms with Crippen LogP contribution in [-0.2, 0) is 27.1 Å². The average Bonchev–Trinajstić information content (AvgIpc) is 2.54. The Hall–Kier alpha value is -1.89. The van der Waals surface area contributed by atoms with Gasteiger partial charge in [-0.05, 0) is 30.2 Å². The average molecular weight is 367 g/mol. The zero-order chi connectivity index (χ0) is 17.6. The van der Waals surface area contributed by atoms with Gasteiger partial charge in [0.05, 0.1) is 12.3 Å². The Labute approximate surface area is 147 Å². The number of carbonyl (C=O) groups is 1. The smallest absolute Gasteiger partial charge is 0.235 e. The first-order valence-corrected chi connectivity index (χ1v) is 9.41. The van der Waals surface area contributed by atoms with Gasteiger partial charge in [0.25, 0.3) is 0 Å². The lowest BCUT2D eigenvalue weighted by Crippen LogP contribution is -2.37. The molecule has 2 aromatic rings. The topological polar surface area (TPSA) is 75.3 Å². The minimum absolute atomic E-state index is 0.155. The Morgan fingerprint density at radius 1 is 1.00 bits per heavy atom. The lowest BCUT2D eigenvalue weighted by molar-refractivity contribution is -0.120. The zero-order valence-electron chi connectivity index (χ0n) is 13.3. The Balaban J connectivity index is 1.79. The normalized spacial score (nSPS) is 11.2. The van der Waals surface area contributed by atoms with E-state index < -0.39 is 15.9 Å². The van der Waals surface area contributed by atoms with Crippen molar-refractivity contribution in [2.45, 2.75) is 19.2 Å². The van der Waals surface area contributed by atoms with Gasteiger partial charge in [-0.25, -0.2) is 13.1 Å². The molecule has 2 N–H and O–H groups in total. The van der Waals surface area contributed by atoms with Gasteiger partial charge in [-0.1, -0.05) is 53.6 Å². The maximum Gasteiger partial charge on any atom is 0.235 e. The molecule has 0 aliphatic heterocycles. The zero-order valence-corrected chi connectivity index (χ0v) is 14.8. The quantitative estimate of drug-likeness (QED) is 0.790. The highest BCUT2D eigenvalue weighted by Gasteiger charge is 2.13. The van der Waals surface area contributed by atoms with E-state index in [2.05, 4.69) is 10.0 Å². The molecule has 2 aromatic carbocycles. The summed E-state index contributed by atoms with van der Waals surface area (Å²) in [5.41, 5.74) is 2.62. The van der Waals surface area contributed by atoms with Crippen LogP contribution in [0.5, 0.6) is 0 Å². The van der Waals surface area contributed by atoms with Crippen LogP contribution in [0.4, 0.5) is 0 Å². The van der Waals surface area contributed by atoms with Gasteiger partial charge in [0.2, 0.25) is 15.9 Å². The first-order valence-electron chi connectivity index (χ1n) is 7.38. The molecule has 0 fully saturated rings. The molecule has 0 aliphatic carbocycles. The van der Waals surface area contributed by atoms with Crippen LogP contribution in [0.1, 0.15) is 16.7 Å². The number of nitrogens with one attached hydrogen (secondary N) is 2. The van der Waals surface area contributed by atoms with Crippen molar-refractivity contribution in [1.82, 2.24) is 10.0 Å². The van der Waals surface area contributed by atoms with Gasteiger partial charge in [0, 0.05) is 11.6 Å². The van der Waals surface area contributed by atoms with E-state index in [1.807, 2.05) is 19.1 Å². The van der Waals surface area contributed by atoms with Gasteiger partial charge in [-0.2, -0.15) is 0 Å². The second-order valence-electron chi connectivity index (χ2n) is 5.47. The van der Waals surface area contributed by atoms with Crippen molar-refractivity contribution in [2.75, 3.05) is 6.54 Å². The standard InChI is InChI=1S/C17H19ClN2O3S/c1-13-2-4-15(5-3-13)12-24(22,23)20-11-17(21)19-10-14-6-8-16(18)9-7-14/h2-9,20H,10-12H2,1H3,(H,19,21). The van der Waals surface area contributed by atoms with Gasteiger partial charge in [-0.3, -0.25) is 4.79 Å². The van der Waals surface area contributed by atoms with Crippen LogP contribution in [0.3, 0.4) is 0 Å². The molecule has 1 amide bonds. The number of sulfonamides is 1. The number of carbonyl (C=O) groups excluding carboxylic acids is 1. The predicted molar refractivity (Wildman–Crippen MR) is 95.1 cm³/mol. The van der Waals surface area contributed by atoms with E-state index in [0.717, 1.165) is 11.1 Å². The van der Waals surface area contributed by atoms with Crippen molar-refractivity contribution in [2.24, 2.45) is 0 Å². The molecule has 0 heterocycles. The highest BCUT2D eigenvalue weighted by molar-refractivity contribution is 7.88. The van der Waals surface area contributed by atoms with Crippen molar-refractivity contribution in [3.05, 3.63) is 70.2 Å². The Bertz CT molecular complexity index is 788. The molecule has 0 atom stereocenters. The molecule has 0 unspecified atom stereocenters. The predicted octanol–water partition coefficient (Wildman–Crippen LogP) is 2.38. The molecule has 0 bridgehead atoms. The molecule has 24 heavy (non-hydrogen) atoms. The second-order valence-corrected chi connectivity index (χ2v) is 7.71. The molecule has 0 spiro atoms. The van der Waals surface area contributed by atoms with E-state index >= 15 is 0 Å². The maximum absolute atomic E-state index is 12.0.